The predicted molar refractivity (Wildman–Crippen MR) is 74.9 cm³/mol. The number of aryl methyl sites for hydroxylation is 1. The molecule has 0 amide bonds. The van der Waals surface area contributed by atoms with Gasteiger partial charge in [-0.3, -0.25) is 0 Å². The molecule has 0 aliphatic heterocycles. The zero-order chi connectivity index (χ0) is 13.5. The number of ether oxygens (including phenoxy) is 1. The van der Waals surface area contributed by atoms with Crippen LogP contribution in [-0.4, -0.2) is 26.3 Å². The maximum Gasteiger partial charge on any atom is 0.0994 e. The van der Waals surface area contributed by atoms with Crippen LogP contribution in [0.25, 0.3) is 0 Å². The maximum absolute atomic E-state index is 8.96. The molecule has 0 saturated carbocycles. The van der Waals surface area contributed by atoms with Gasteiger partial charge in [0.15, 0.2) is 0 Å². The number of anilines is 1. The number of hydrogen-bond donors (Lipinski definition) is 0. The van der Waals surface area contributed by atoms with Crippen molar-refractivity contribution in [2.75, 3.05) is 25.2 Å². The molecule has 0 bridgehead atoms. The average molecular weight is 246 g/mol. The van der Waals surface area contributed by atoms with Crippen molar-refractivity contribution in [1.29, 1.82) is 5.26 Å². The summed E-state index contributed by atoms with van der Waals surface area (Å²) in [6.07, 6.45) is 1.09. The van der Waals surface area contributed by atoms with Crippen LogP contribution in [0.4, 0.5) is 5.69 Å². The van der Waals surface area contributed by atoms with Gasteiger partial charge in [0.1, 0.15) is 0 Å². The second-order valence-electron chi connectivity index (χ2n) is 4.55. The number of methoxy groups -OCH3 is 1. The topological polar surface area (TPSA) is 36.3 Å². The Labute approximate surface area is 110 Å². The molecule has 0 saturated heterocycles. The van der Waals surface area contributed by atoms with Crippen molar-refractivity contribution in [3.05, 3.63) is 29.3 Å². The highest BCUT2D eigenvalue weighted by molar-refractivity contribution is 5.54. The third kappa shape index (κ3) is 3.48. The van der Waals surface area contributed by atoms with Gasteiger partial charge in [-0.05, 0) is 44.0 Å². The highest BCUT2D eigenvalue weighted by Gasteiger charge is 2.13. The minimum Gasteiger partial charge on any atom is -0.383 e. The monoisotopic (exact) mass is 246 g/mol. The van der Waals surface area contributed by atoms with Crippen molar-refractivity contribution >= 4 is 5.69 Å². The quantitative estimate of drug-likeness (QED) is 0.773. The molecule has 0 radical (unpaired) electrons. The molecule has 0 spiro atoms. The standard InChI is InChI=1S/C15H22N2O/c1-5-13(3)17(8-9-18-4)15-7-6-14(11-16)12(2)10-15/h6-7,10,13H,5,8-9H2,1-4H3. The van der Waals surface area contributed by atoms with Crippen molar-refractivity contribution in [2.24, 2.45) is 0 Å². The first-order valence-corrected chi connectivity index (χ1v) is 6.40. The zero-order valence-electron chi connectivity index (χ0n) is 11.7. The van der Waals surface area contributed by atoms with Gasteiger partial charge in [0, 0.05) is 25.4 Å². The highest BCUT2D eigenvalue weighted by Crippen LogP contribution is 2.21. The Morgan fingerprint density at radius 1 is 1.44 bits per heavy atom. The minimum atomic E-state index is 0.465. The zero-order valence-corrected chi connectivity index (χ0v) is 11.7. The summed E-state index contributed by atoms with van der Waals surface area (Å²) in [5, 5.41) is 8.96. The molecule has 0 fully saturated rings. The molecular weight excluding hydrogens is 224 g/mol. The summed E-state index contributed by atoms with van der Waals surface area (Å²) in [5.74, 6) is 0. The SMILES string of the molecule is CCC(C)N(CCOC)c1ccc(C#N)c(C)c1. The first-order valence-electron chi connectivity index (χ1n) is 6.40. The molecule has 18 heavy (non-hydrogen) atoms. The smallest absolute Gasteiger partial charge is 0.0994 e. The van der Waals surface area contributed by atoms with Crippen molar-refractivity contribution in [1.82, 2.24) is 0 Å². The summed E-state index contributed by atoms with van der Waals surface area (Å²) in [7, 11) is 1.72. The van der Waals surface area contributed by atoms with Crippen LogP contribution < -0.4 is 4.90 Å². The second kappa shape index (κ2) is 7.03. The predicted octanol–water partition coefficient (Wildman–Crippen LogP) is 3.12. The van der Waals surface area contributed by atoms with Gasteiger partial charge in [-0.15, -0.1) is 0 Å². The third-order valence-corrected chi connectivity index (χ3v) is 3.32. The highest BCUT2D eigenvalue weighted by atomic mass is 16.5. The van der Waals surface area contributed by atoms with Gasteiger partial charge in [0.2, 0.25) is 0 Å². The molecule has 1 atom stereocenters. The summed E-state index contributed by atoms with van der Waals surface area (Å²) in [6, 6.07) is 8.67. The first-order chi connectivity index (χ1) is 8.63. The molecule has 98 valence electrons. The molecule has 0 aliphatic carbocycles. The summed E-state index contributed by atoms with van der Waals surface area (Å²) >= 11 is 0. The average Bonchev–Trinajstić information content (AvgIpc) is 2.39. The number of nitriles is 1. The van der Waals surface area contributed by atoms with E-state index in [0.29, 0.717) is 12.6 Å². The molecule has 3 heteroatoms. The lowest BCUT2D eigenvalue weighted by Crippen LogP contribution is -2.35. The van der Waals surface area contributed by atoms with Gasteiger partial charge >= 0.3 is 0 Å². The van der Waals surface area contributed by atoms with Gasteiger partial charge in [0.05, 0.1) is 18.2 Å². The Balaban J connectivity index is 2.98. The molecule has 0 N–H and O–H groups in total. The van der Waals surface area contributed by atoms with Crippen LogP contribution >= 0.6 is 0 Å². The van der Waals surface area contributed by atoms with Crippen LogP contribution in [0.2, 0.25) is 0 Å². The van der Waals surface area contributed by atoms with Crippen molar-refractivity contribution in [3.8, 4) is 6.07 Å². The van der Waals surface area contributed by atoms with Crippen LogP contribution in [0.15, 0.2) is 18.2 Å². The van der Waals surface area contributed by atoms with E-state index < -0.39 is 0 Å². The number of rotatable bonds is 6. The Hall–Kier alpha value is -1.53. The van der Waals surface area contributed by atoms with Crippen LogP contribution in [0.3, 0.4) is 0 Å². The molecule has 0 heterocycles. The maximum atomic E-state index is 8.96. The first kappa shape index (κ1) is 14.5. The van der Waals surface area contributed by atoms with Crippen LogP contribution in [0.5, 0.6) is 0 Å². The van der Waals surface area contributed by atoms with Crippen LogP contribution in [-0.2, 0) is 4.74 Å². The normalized spacial score (nSPS) is 11.9. The van der Waals surface area contributed by atoms with Crippen molar-refractivity contribution in [3.63, 3.8) is 0 Å². The van der Waals surface area contributed by atoms with E-state index in [1.807, 2.05) is 19.1 Å². The fourth-order valence-electron chi connectivity index (χ4n) is 1.97. The lowest BCUT2D eigenvalue weighted by molar-refractivity contribution is 0.203. The number of hydrogen-bond acceptors (Lipinski definition) is 3. The lowest BCUT2D eigenvalue weighted by atomic mass is 10.1. The van der Waals surface area contributed by atoms with Gasteiger partial charge in [-0.2, -0.15) is 5.26 Å². The van der Waals surface area contributed by atoms with E-state index in [2.05, 4.69) is 30.9 Å². The van der Waals surface area contributed by atoms with Gasteiger partial charge < -0.3 is 9.64 Å². The summed E-state index contributed by atoms with van der Waals surface area (Å²) in [6.45, 7) is 7.96. The van der Waals surface area contributed by atoms with E-state index in [1.165, 1.54) is 0 Å². The van der Waals surface area contributed by atoms with E-state index in [4.69, 9.17) is 10.00 Å². The Kier molecular flexibility index (Phi) is 5.67. The van der Waals surface area contributed by atoms with E-state index in [9.17, 15) is 0 Å². The van der Waals surface area contributed by atoms with Gasteiger partial charge in [-0.25, -0.2) is 0 Å². The van der Waals surface area contributed by atoms with Gasteiger partial charge in [-0.1, -0.05) is 6.92 Å². The number of benzene rings is 1. The summed E-state index contributed by atoms with van der Waals surface area (Å²) in [5.41, 5.74) is 2.94. The van der Waals surface area contributed by atoms with E-state index in [0.717, 1.165) is 29.8 Å². The van der Waals surface area contributed by atoms with Crippen LogP contribution in [0.1, 0.15) is 31.4 Å². The molecular formula is C15H22N2O. The summed E-state index contributed by atoms with van der Waals surface area (Å²) < 4.78 is 5.17. The fraction of sp³-hybridized carbons (Fsp3) is 0.533. The van der Waals surface area contributed by atoms with Crippen LogP contribution in [0, 0.1) is 18.3 Å². The number of nitrogens with zero attached hydrogens (tertiary/aromatic N) is 2. The molecule has 3 nitrogen and oxygen atoms in total. The van der Waals surface area contributed by atoms with Gasteiger partial charge in [0.25, 0.3) is 0 Å². The summed E-state index contributed by atoms with van der Waals surface area (Å²) in [4.78, 5) is 2.33. The van der Waals surface area contributed by atoms with Crippen molar-refractivity contribution in [2.45, 2.75) is 33.2 Å². The molecule has 1 aromatic rings. The molecule has 1 rings (SSSR count). The lowest BCUT2D eigenvalue weighted by Gasteiger charge is -2.31. The molecule has 1 aromatic carbocycles. The van der Waals surface area contributed by atoms with Crippen molar-refractivity contribution < 1.29 is 4.74 Å². The molecule has 0 aromatic heterocycles. The fourth-order valence-corrected chi connectivity index (χ4v) is 1.97. The largest absolute Gasteiger partial charge is 0.383 e. The third-order valence-electron chi connectivity index (χ3n) is 3.32. The second-order valence-corrected chi connectivity index (χ2v) is 4.55. The Morgan fingerprint density at radius 3 is 2.67 bits per heavy atom. The van der Waals surface area contributed by atoms with E-state index >= 15 is 0 Å². The van der Waals surface area contributed by atoms with E-state index in [1.54, 1.807) is 7.11 Å². The van der Waals surface area contributed by atoms with E-state index in [-0.39, 0.29) is 0 Å². The Bertz CT molecular complexity index is 423. The molecule has 1 unspecified atom stereocenters. The minimum absolute atomic E-state index is 0.465. The molecule has 0 aliphatic rings. The Morgan fingerprint density at radius 2 is 2.17 bits per heavy atom.